The summed E-state index contributed by atoms with van der Waals surface area (Å²) in [6, 6.07) is 3.82. The van der Waals surface area contributed by atoms with Gasteiger partial charge in [0.1, 0.15) is 5.01 Å². The van der Waals surface area contributed by atoms with Crippen molar-refractivity contribution in [1.29, 1.82) is 0 Å². The molecule has 1 fully saturated rings. The zero-order chi connectivity index (χ0) is 15.5. The van der Waals surface area contributed by atoms with Gasteiger partial charge in [0, 0.05) is 49.3 Å². The quantitative estimate of drug-likeness (QED) is 0.907. The third-order valence-corrected chi connectivity index (χ3v) is 4.60. The molecule has 0 aliphatic carbocycles. The Bertz CT molecular complexity index is 686. The molecule has 0 bridgehead atoms. The van der Waals surface area contributed by atoms with Crippen LogP contribution in [0.5, 0.6) is 0 Å². The number of pyridine rings is 1. The largest absolute Gasteiger partial charge is 0.481 e. The Kier molecular flexibility index (Phi) is 4.15. The Hall–Kier alpha value is -2.28. The molecule has 2 aromatic heterocycles. The van der Waals surface area contributed by atoms with Gasteiger partial charge in [0.2, 0.25) is 5.91 Å². The highest BCUT2D eigenvalue weighted by atomic mass is 32.1. The van der Waals surface area contributed by atoms with E-state index in [1.165, 1.54) is 0 Å². The zero-order valence-electron chi connectivity index (χ0n) is 11.8. The molecule has 0 aromatic carbocycles. The number of aromatic nitrogens is 2. The lowest BCUT2D eigenvalue weighted by atomic mass is 10.1. The highest BCUT2D eigenvalue weighted by Crippen LogP contribution is 2.23. The maximum absolute atomic E-state index is 11.8. The molecule has 0 radical (unpaired) electrons. The Labute approximate surface area is 131 Å². The minimum absolute atomic E-state index is 0.0879. The third kappa shape index (κ3) is 3.14. The van der Waals surface area contributed by atoms with Crippen molar-refractivity contribution in [2.75, 3.05) is 13.1 Å². The van der Waals surface area contributed by atoms with E-state index in [0.29, 0.717) is 19.5 Å². The molecule has 114 valence electrons. The molecule has 2 aromatic rings. The van der Waals surface area contributed by atoms with Gasteiger partial charge in [-0.25, -0.2) is 4.98 Å². The molecule has 3 rings (SSSR count). The van der Waals surface area contributed by atoms with E-state index in [0.717, 1.165) is 16.3 Å². The summed E-state index contributed by atoms with van der Waals surface area (Å²) in [6.07, 6.45) is 4.22. The van der Waals surface area contributed by atoms with Crippen LogP contribution in [-0.2, 0) is 16.0 Å². The van der Waals surface area contributed by atoms with Gasteiger partial charge in [-0.2, -0.15) is 0 Å². The number of nitrogens with zero attached hydrogens (tertiary/aromatic N) is 3. The van der Waals surface area contributed by atoms with E-state index in [9.17, 15) is 9.59 Å². The van der Waals surface area contributed by atoms with Crippen LogP contribution in [0.25, 0.3) is 10.6 Å². The first-order chi connectivity index (χ1) is 10.6. The van der Waals surface area contributed by atoms with Crippen molar-refractivity contribution in [2.45, 2.75) is 12.8 Å². The Balaban J connectivity index is 1.60. The van der Waals surface area contributed by atoms with E-state index >= 15 is 0 Å². The summed E-state index contributed by atoms with van der Waals surface area (Å²) < 4.78 is 0. The highest BCUT2D eigenvalue weighted by molar-refractivity contribution is 7.13. The average molecular weight is 317 g/mol. The first kappa shape index (κ1) is 14.6. The van der Waals surface area contributed by atoms with Crippen LogP contribution >= 0.6 is 11.3 Å². The molecule has 22 heavy (non-hydrogen) atoms. The number of thiazole rings is 1. The van der Waals surface area contributed by atoms with E-state index in [-0.39, 0.29) is 12.3 Å². The predicted molar refractivity (Wildman–Crippen MR) is 81.4 cm³/mol. The van der Waals surface area contributed by atoms with Gasteiger partial charge >= 0.3 is 5.97 Å². The van der Waals surface area contributed by atoms with Gasteiger partial charge in [0.25, 0.3) is 0 Å². The van der Waals surface area contributed by atoms with E-state index in [1.807, 2.05) is 17.5 Å². The maximum atomic E-state index is 11.8. The van der Waals surface area contributed by atoms with Gasteiger partial charge in [-0.1, -0.05) is 0 Å². The van der Waals surface area contributed by atoms with Crippen LogP contribution in [0.1, 0.15) is 12.1 Å². The number of carbonyl (C=O) groups excluding carboxylic acids is 1. The fraction of sp³-hybridized carbons (Fsp3) is 0.333. The van der Waals surface area contributed by atoms with Crippen molar-refractivity contribution >= 4 is 23.2 Å². The van der Waals surface area contributed by atoms with Crippen molar-refractivity contribution in [3.63, 3.8) is 0 Å². The number of carboxylic acid groups (broad SMARTS) is 1. The number of amides is 1. The molecule has 0 saturated carbocycles. The average Bonchev–Trinajstić information content (AvgIpc) is 3.13. The molecular weight excluding hydrogens is 302 g/mol. The molecular formula is C15H15N3O3S. The van der Waals surface area contributed by atoms with E-state index in [4.69, 9.17) is 5.11 Å². The fourth-order valence-corrected chi connectivity index (χ4v) is 3.29. The first-order valence-electron chi connectivity index (χ1n) is 6.99. The summed E-state index contributed by atoms with van der Waals surface area (Å²) in [4.78, 5) is 32.9. The van der Waals surface area contributed by atoms with Crippen LogP contribution in [0.3, 0.4) is 0 Å². The van der Waals surface area contributed by atoms with Crippen molar-refractivity contribution in [1.82, 2.24) is 14.9 Å². The van der Waals surface area contributed by atoms with Crippen LogP contribution in [-0.4, -0.2) is 44.9 Å². The number of aliphatic carboxylic acids is 1. The van der Waals surface area contributed by atoms with Crippen LogP contribution in [0.15, 0.2) is 29.9 Å². The van der Waals surface area contributed by atoms with Gasteiger partial charge in [-0.3, -0.25) is 14.6 Å². The molecule has 6 nitrogen and oxygen atoms in total. The second-order valence-corrected chi connectivity index (χ2v) is 6.07. The predicted octanol–water partition coefficient (Wildman–Crippen LogP) is 1.68. The molecule has 0 unspecified atom stereocenters. The molecule has 1 N–H and O–H groups in total. The summed E-state index contributed by atoms with van der Waals surface area (Å²) in [5.74, 6) is -1.56. The van der Waals surface area contributed by atoms with Gasteiger partial charge in [-0.05, 0) is 12.1 Å². The lowest BCUT2D eigenvalue weighted by Crippen LogP contribution is -2.28. The standard InChI is InChI=1S/C15H15N3O3S/c19-13-6-11(15(20)21)8-18(13)5-3-12-9-22-14(17-12)10-2-1-4-16-7-10/h1-2,4,7,9,11H,3,5-6,8H2,(H,20,21)/t11-/m0/s1. The fourth-order valence-electron chi connectivity index (χ4n) is 2.45. The molecule has 1 aliphatic heterocycles. The summed E-state index contributed by atoms with van der Waals surface area (Å²) in [6.45, 7) is 0.812. The Morgan fingerprint density at radius 1 is 1.50 bits per heavy atom. The zero-order valence-corrected chi connectivity index (χ0v) is 12.6. The molecule has 1 aliphatic rings. The monoisotopic (exact) mass is 317 g/mol. The third-order valence-electron chi connectivity index (χ3n) is 3.66. The first-order valence-corrected chi connectivity index (χ1v) is 7.87. The minimum Gasteiger partial charge on any atom is -0.481 e. The number of likely N-dealkylation sites (tertiary alicyclic amines) is 1. The summed E-state index contributed by atoms with van der Waals surface area (Å²) in [5.41, 5.74) is 1.89. The number of hydrogen-bond donors (Lipinski definition) is 1. The van der Waals surface area contributed by atoms with Gasteiger partial charge < -0.3 is 10.0 Å². The molecule has 3 heterocycles. The molecule has 1 amide bonds. The van der Waals surface area contributed by atoms with Gasteiger partial charge in [0.15, 0.2) is 0 Å². The molecule has 7 heteroatoms. The Morgan fingerprint density at radius 2 is 2.36 bits per heavy atom. The number of hydrogen-bond acceptors (Lipinski definition) is 5. The van der Waals surface area contributed by atoms with Crippen LogP contribution in [0, 0.1) is 5.92 Å². The van der Waals surface area contributed by atoms with E-state index in [2.05, 4.69) is 9.97 Å². The maximum Gasteiger partial charge on any atom is 0.308 e. The normalized spacial score (nSPS) is 17.9. The van der Waals surface area contributed by atoms with Crippen molar-refractivity contribution in [3.05, 3.63) is 35.6 Å². The summed E-state index contributed by atoms with van der Waals surface area (Å²) in [7, 11) is 0. The summed E-state index contributed by atoms with van der Waals surface area (Å²) >= 11 is 1.54. The van der Waals surface area contributed by atoms with Gasteiger partial charge in [-0.15, -0.1) is 11.3 Å². The second-order valence-electron chi connectivity index (χ2n) is 5.21. The molecule has 1 atom stereocenters. The van der Waals surface area contributed by atoms with Crippen molar-refractivity contribution in [2.24, 2.45) is 5.92 Å². The topological polar surface area (TPSA) is 83.4 Å². The van der Waals surface area contributed by atoms with Crippen molar-refractivity contribution in [3.8, 4) is 10.6 Å². The lowest BCUT2D eigenvalue weighted by Gasteiger charge is -2.14. The van der Waals surface area contributed by atoms with Crippen LogP contribution in [0.2, 0.25) is 0 Å². The van der Waals surface area contributed by atoms with E-state index < -0.39 is 11.9 Å². The Morgan fingerprint density at radius 3 is 3.05 bits per heavy atom. The number of carboxylic acids is 1. The molecule has 0 spiro atoms. The van der Waals surface area contributed by atoms with Crippen LogP contribution in [0.4, 0.5) is 0 Å². The van der Waals surface area contributed by atoms with Crippen molar-refractivity contribution < 1.29 is 14.7 Å². The highest BCUT2D eigenvalue weighted by Gasteiger charge is 2.33. The molecule has 1 saturated heterocycles. The second kappa shape index (κ2) is 6.23. The number of rotatable bonds is 5. The van der Waals surface area contributed by atoms with E-state index in [1.54, 1.807) is 28.6 Å². The summed E-state index contributed by atoms with van der Waals surface area (Å²) in [5, 5.41) is 11.8. The number of carbonyl (C=O) groups is 2. The van der Waals surface area contributed by atoms with Crippen LogP contribution < -0.4 is 0 Å². The van der Waals surface area contributed by atoms with Gasteiger partial charge in [0.05, 0.1) is 11.6 Å². The minimum atomic E-state index is -0.900. The lowest BCUT2D eigenvalue weighted by molar-refractivity contribution is -0.141. The smallest absolute Gasteiger partial charge is 0.308 e. The SMILES string of the molecule is O=C(O)[C@H]1CC(=O)N(CCc2csc(-c3cccnc3)n2)C1.